The third kappa shape index (κ3) is 8.57. The molecular formula is C22H37IN4O3. The SMILES string of the molecule is CCNC(=NCC(C)Oc1ccccc1OC)NCCC(=O)N1CCCCC1C.I. The molecule has 7 nitrogen and oxygen atoms in total. The number of benzene rings is 1. The number of likely N-dealkylation sites (tertiary alicyclic amines) is 1. The Morgan fingerprint density at radius 2 is 2.00 bits per heavy atom. The quantitative estimate of drug-likeness (QED) is 0.290. The fourth-order valence-corrected chi connectivity index (χ4v) is 3.43. The summed E-state index contributed by atoms with van der Waals surface area (Å²) >= 11 is 0. The molecule has 1 aliphatic rings. The minimum Gasteiger partial charge on any atom is -0.493 e. The number of para-hydroxylation sites is 2. The second-order valence-electron chi connectivity index (χ2n) is 7.41. The molecule has 2 unspecified atom stereocenters. The van der Waals surface area contributed by atoms with Crippen molar-refractivity contribution in [2.24, 2.45) is 4.99 Å². The number of piperidine rings is 1. The fourth-order valence-electron chi connectivity index (χ4n) is 3.43. The summed E-state index contributed by atoms with van der Waals surface area (Å²) in [5.74, 6) is 2.33. The summed E-state index contributed by atoms with van der Waals surface area (Å²) in [5, 5.41) is 6.48. The molecule has 30 heavy (non-hydrogen) atoms. The van der Waals surface area contributed by atoms with Crippen LogP contribution in [-0.2, 0) is 4.79 Å². The van der Waals surface area contributed by atoms with Crippen LogP contribution >= 0.6 is 24.0 Å². The molecule has 1 amide bonds. The van der Waals surface area contributed by atoms with Gasteiger partial charge in [-0.1, -0.05) is 12.1 Å². The number of hydrogen-bond donors (Lipinski definition) is 2. The topological polar surface area (TPSA) is 75.2 Å². The number of nitrogens with one attached hydrogen (secondary N) is 2. The highest BCUT2D eigenvalue weighted by molar-refractivity contribution is 14.0. The Bertz CT molecular complexity index is 672. The maximum absolute atomic E-state index is 12.5. The number of halogens is 1. The fraction of sp³-hybridized carbons (Fsp3) is 0.636. The molecule has 0 saturated carbocycles. The van der Waals surface area contributed by atoms with Crippen molar-refractivity contribution in [2.45, 2.75) is 58.6 Å². The Morgan fingerprint density at radius 1 is 1.27 bits per heavy atom. The molecule has 1 heterocycles. The zero-order valence-electron chi connectivity index (χ0n) is 18.6. The van der Waals surface area contributed by atoms with Crippen molar-refractivity contribution in [3.8, 4) is 11.5 Å². The van der Waals surface area contributed by atoms with Crippen molar-refractivity contribution in [2.75, 3.05) is 33.3 Å². The summed E-state index contributed by atoms with van der Waals surface area (Å²) in [6.07, 6.45) is 3.79. The number of carbonyl (C=O) groups excluding carboxylic acids is 1. The number of rotatable bonds is 9. The van der Waals surface area contributed by atoms with Gasteiger partial charge in [0.1, 0.15) is 6.10 Å². The van der Waals surface area contributed by atoms with E-state index in [-0.39, 0.29) is 36.0 Å². The summed E-state index contributed by atoms with van der Waals surface area (Å²) in [4.78, 5) is 19.1. The van der Waals surface area contributed by atoms with Gasteiger partial charge in [0, 0.05) is 32.1 Å². The van der Waals surface area contributed by atoms with Gasteiger partial charge in [-0.3, -0.25) is 4.79 Å². The zero-order valence-corrected chi connectivity index (χ0v) is 21.0. The monoisotopic (exact) mass is 532 g/mol. The van der Waals surface area contributed by atoms with Gasteiger partial charge >= 0.3 is 0 Å². The van der Waals surface area contributed by atoms with Gasteiger partial charge in [-0.25, -0.2) is 4.99 Å². The molecule has 0 aliphatic carbocycles. The van der Waals surface area contributed by atoms with E-state index in [0.29, 0.717) is 43.0 Å². The molecule has 2 atom stereocenters. The van der Waals surface area contributed by atoms with E-state index in [2.05, 4.69) is 22.5 Å². The van der Waals surface area contributed by atoms with Crippen molar-refractivity contribution >= 4 is 35.8 Å². The van der Waals surface area contributed by atoms with Crippen molar-refractivity contribution in [1.29, 1.82) is 0 Å². The van der Waals surface area contributed by atoms with E-state index in [9.17, 15) is 4.79 Å². The number of amides is 1. The summed E-state index contributed by atoms with van der Waals surface area (Å²) in [5.41, 5.74) is 0. The van der Waals surface area contributed by atoms with E-state index >= 15 is 0 Å². The molecule has 2 rings (SSSR count). The van der Waals surface area contributed by atoms with Crippen LogP contribution in [0.4, 0.5) is 0 Å². The molecule has 8 heteroatoms. The predicted octanol–water partition coefficient (Wildman–Crippen LogP) is 3.43. The Kier molecular flexibility index (Phi) is 12.6. The molecule has 2 N–H and O–H groups in total. The molecule has 170 valence electrons. The van der Waals surface area contributed by atoms with E-state index in [0.717, 1.165) is 25.9 Å². The number of hydrogen-bond acceptors (Lipinski definition) is 4. The molecule has 0 spiro atoms. The van der Waals surface area contributed by atoms with Gasteiger partial charge in [-0.2, -0.15) is 0 Å². The maximum Gasteiger partial charge on any atom is 0.224 e. The Hall–Kier alpha value is -1.71. The average molecular weight is 532 g/mol. The van der Waals surface area contributed by atoms with Crippen LogP contribution in [0.25, 0.3) is 0 Å². The minimum atomic E-state index is -0.113. The van der Waals surface area contributed by atoms with E-state index in [1.54, 1.807) is 7.11 Å². The molecular weight excluding hydrogens is 495 g/mol. The third-order valence-corrected chi connectivity index (χ3v) is 5.00. The molecule has 1 fully saturated rings. The minimum absolute atomic E-state index is 0. The van der Waals surface area contributed by atoms with Gasteiger partial charge in [0.15, 0.2) is 17.5 Å². The lowest BCUT2D eigenvalue weighted by molar-refractivity contribution is -0.134. The lowest BCUT2D eigenvalue weighted by Gasteiger charge is -2.33. The first-order valence-electron chi connectivity index (χ1n) is 10.7. The highest BCUT2D eigenvalue weighted by Gasteiger charge is 2.22. The van der Waals surface area contributed by atoms with E-state index < -0.39 is 0 Å². The van der Waals surface area contributed by atoms with E-state index in [1.165, 1.54) is 6.42 Å². The summed E-state index contributed by atoms with van der Waals surface area (Å²) in [6.45, 7) is 8.82. The predicted molar refractivity (Wildman–Crippen MR) is 132 cm³/mol. The number of carbonyl (C=O) groups is 1. The number of ether oxygens (including phenoxy) is 2. The highest BCUT2D eigenvalue weighted by atomic mass is 127. The Balaban J connectivity index is 0.00000450. The standard InChI is InChI=1S/C22H36N4O3.HI/c1-5-23-22(24-14-13-21(27)26-15-9-8-10-17(26)2)25-16-18(3)29-20-12-7-6-11-19(20)28-4;/h6-7,11-12,17-18H,5,8-10,13-16H2,1-4H3,(H2,23,24,25);1H. The maximum atomic E-state index is 12.5. The third-order valence-electron chi connectivity index (χ3n) is 5.00. The molecule has 1 aromatic rings. The molecule has 0 bridgehead atoms. The van der Waals surface area contributed by atoms with Crippen LogP contribution in [0.3, 0.4) is 0 Å². The largest absolute Gasteiger partial charge is 0.493 e. The van der Waals surface area contributed by atoms with Crippen molar-refractivity contribution < 1.29 is 14.3 Å². The number of guanidine groups is 1. The molecule has 0 radical (unpaired) electrons. The van der Waals surface area contributed by atoms with Gasteiger partial charge in [0.2, 0.25) is 5.91 Å². The second kappa shape index (κ2) is 14.3. The molecule has 0 aromatic heterocycles. The number of nitrogens with zero attached hydrogens (tertiary/aromatic N) is 2. The van der Waals surface area contributed by atoms with Crippen LogP contribution in [-0.4, -0.2) is 62.2 Å². The van der Waals surface area contributed by atoms with Gasteiger partial charge < -0.3 is 25.0 Å². The summed E-state index contributed by atoms with van der Waals surface area (Å²) in [6, 6.07) is 7.94. The highest BCUT2D eigenvalue weighted by Crippen LogP contribution is 2.26. The van der Waals surface area contributed by atoms with Crippen LogP contribution in [0.2, 0.25) is 0 Å². The number of methoxy groups -OCH3 is 1. The first-order chi connectivity index (χ1) is 14.0. The van der Waals surface area contributed by atoms with Gasteiger partial charge in [-0.05, 0) is 52.2 Å². The first-order valence-corrected chi connectivity index (χ1v) is 10.7. The van der Waals surface area contributed by atoms with Gasteiger partial charge in [-0.15, -0.1) is 24.0 Å². The van der Waals surface area contributed by atoms with Crippen molar-refractivity contribution in [3.05, 3.63) is 24.3 Å². The average Bonchev–Trinajstić information content (AvgIpc) is 2.72. The van der Waals surface area contributed by atoms with Crippen LogP contribution in [0.5, 0.6) is 11.5 Å². The molecule has 1 aliphatic heterocycles. The normalized spacial score (nSPS) is 17.5. The van der Waals surface area contributed by atoms with Crippen LogP contribution in [0.15, 0.2) is 29.3 Å². The Labute approximate surface area is 198 Å². The lowest BCUT2D eigenvalue weighted by atomic mass is 10.0. The van der Waals surface area contributed by atoms with Crippen LogP contribution in [0.1, 0.15) is 46.5 Å². The smallest absolute Gasteiger partial charge is 0.224 e. The van der Waals surface area contributed by atoms with E-state index in [1.807, 2.05) is 43.0 Å². The zero-order chi connectivity index (χ0) is 21.1. The van der Waals surface area contributed by atoms with Crippen LogP contribution in [0, 0.1) is 0 Å². The molecule has 1 aromatic carbocycles. The summed E-state index contributed by atoms with van der Waals surface area (Å²) < 4.78 is 11.3. The van der Waals surface area contributed by atoms with E-state index in [4.69, 9.17) is 9.47 Å². The van der Waals surface area contributed by atoms with Gasteiger partial charge in [0.05, 0.1) is 13.7 Å². The second-order valence-corrected chi connectivity index (χ2v) is 7.41. The number of aliphatic imine (C=N–C) groups is 1. The Morgan fingerprint density at radius 3 is 2.67 bits per heavy atom. The first kappa shape index (κ1) is 26.3. The summed E-state index contributed by atoms with van der Waals surface area (Å²) in [7, 11) is 1.63. The van der Waals surface area contributed by atoms with Crippen molar-refractivity contribution in [3.63, 3.8) is 0 Å². The lowest BCUT2D eigenvalue weighted by Crippen LogP contribution is -2.44. The van der Waals surface area contributed by atoms with Crippen LogP contribution < -0.4 is 20.1 Å². The molecule has 1 saturated heterocycles. The van der Waals surface area contributed by atoms with Gasteiger partial charge in [0.25, 0.3) is 0 Å². The van der Waals surface area contributed by atoms with Crippen molar-refractivity contribution in [1.82, 2.24) is 15.5 Å².